The normalized spacial score (nSPS) is 18.3. The number of nitrogens with zero attached hydrogens (tertiary/aromatic N) is 1. The average Bonchev–Trinajstić information content (AvgIpc) is 2.73. The molecule has 0 aromatic heterocycles. The summed E-state index contributed by atoms with van der Waals surface area (Å²) in [6, 6.07) is 0.913. The summed E-state index contributed by atoms with van der Waals surface area (Å²) in [6.45, 7) is 5.47. The lowest BCUT2D eigenvalue weighted by atomic mass is 10.3. The molecule has 0 spiro atoms. The van der Waals surface area contributed by atoms with Crippen LogP contribution >= 0.6 is 0 Å². The second-order valence-electron chi connectivity index (χ2n) is 3.00. The van der Waals surface area contributed by atoms with Crippen LogP contribution in [0.1, 0.15) is 26.2 Å². The quantitative estimate of drug-likeness (QED) is 0.616. The van der Waals surface area contributed by atoms with Gasteiger partial charge in [0.05, 0.1) is 0 Å². The Kier molecular flexibility index (Phi) is 3.16. The van der Waals surface area contributed by atoms with Crippen LogP contribution in [0.2, 0.25) is 0 Å². The molecule has 1 aliphatic carbocycles. The van der Waals surface area contributed by atoms with E-state index in [1.165, 1.54) is 25.9 Å². The molecule has 60 valence electrons. The van der Waals surface area contributed by atoms with E-state index < -0.39 is 0 Å². The van der Waals surface area contributed by atoms with E-state index in [-0.39, 0.29) is 0 Å². The van der Waals surface area contributed by atoms with Gasteiger partial charge in [-0.25, -0.2) is 0 Å². The molecule has 0 unspecified atom stereocenters. The van der Waals surface area contributed by atoms with Crippen LogP contribution in [-0.4, -0.2) is 30.6 Å². The molecule has 0 atom stereocenters. The van der Waals surface area contributed by atoms with E-state index in [9.17, 15) is 0 Å². The zero-order valence-corrected chi connectivity index (χ0v) is 6.84. The molecule has 1 saturated carbocycles. The first-order valence-electron chi connectivity index (χ1n) is 4.32. The van der Waals surface area contributed by atoms with Crippen LogP contribution in [0.4, 0.5) is 0 Å². The van der Waals surface area contributed by atoms with Crippen molar-refractivity contribution in [3.8, 4) is 0 Å². The van der Waals surface area contributed by atoms with Gasteiger partial charge in [-0.2, -0.15) is 0 Å². The van der Waals surface area contributed by atoms with E-state index in [1.807, 2.05) is 0 Å². The van der Waals surface area contributed by atoms with Crippen molar-refractivity contribution in [2.75, 3.05) is 19.6 Å². The predicted molar refractivity (Wildman–Crippen MR) is 43.9 cm³/mol. The molecule has 2 N–H and O–H groups in total. The first-order valence-corrected chi connectivity index (χ1v) is 4.32. The fourth-order valence-corrected chi connectivity index (χ4v) is 1.33. The van der Waals surface area contributed by atoms with Gasteiger partial charge in [-0.3, -0.25) is 0 Å². The summed E-state index contributed by atoms with van der Waals surface area (Å²) in [5.41, 5.74) is 5.43. The van der Waals surface area contributed by atoms with Crippen LogP contribution in [0.25, 0.3) is 0 Å². The summed E-state index contributed by atoms with van der Waals surface area (Å²) in [6.07, 6.45) is 3.99. The SMILES string of the molecule is CCN(CCCN)C1CC1. The van der Waals surface area contributed by atoms with Gasteiger partial charge in [-0.1, -0.05) is 6.92 Å². The molecular weight excluding hydrogens is 124 g/mol. The molecule has 0 saturated heterocycles. The van der Waals surface area contributed by atoms with Gasteiger partial charge in [0.2, 0.25) is 0 Å². The van der Waals surface area contributed by atoms with E-state index in [1.54, 1.807) is 0 Å². The molecule has 2 nitrogen and oxygen atoms in total. The highest BCUT2D eigenvalue weighted by Gasteiger charge is 2.26. The lowest BCUT2D eigenvalue weighted by molar-refractivity contribution is 0.276. The minimum Gasteiger partial charge on any atom is -0.330 e. The molecule has 1 rings (SSSR count). The van der Waals surface area contributed by atoms with Crippen molar-refractivity contribution in [2.45, 2.75) is 32.2 Å². The third kappa shape index (κ3) is 2.27. The van der Waals surface area contributed by atoms with Crippen molar-refractivity contribution in [1.82, 2.24) is 4.90 Å². The molecule has 0 bridgehead atoms. The van der Waals surface area contributed by atoms with Crippen LogP contribution in [0.15, 0.2) is 0 Å². The van der Waals surface area contributed by atoms with Crippen LogP contribution in [-0.2, 0) is 0 Å². The first-order chi connectivity index (χ1) is 4.88. The maximum Gasteiger partial charge on any atom is 0.00963 e. The zero-order chi connectivity index (χ0) is 7.40. The van der Waals surface area contributed by atoms with E-state index >= 15 is 0 Å². The molecule has 0 aromatic carbocycles. The van der Waals surface area contributed by atoms with Gasteiger partial charge in [0, 0.05) is 6.04 Å². The molecule has 0 aromatic rings. The van der Waals surface area contributed by atoms with E-state index in [4.69, 9.17) is 5.73 Å². The third-order valence-corrected chi connectivity index (χ3v) is 2.12. The lowest BCUT2D eigenvalue weighted by Crippen LogP contribution is -2.28. The summed E-state index contributed by atoms with van der Waals surface area (Å²) < 4.78 is 0. The number of hydrogen-bond donors (Lipinski definition) is 1. The highest BCUT2D eigenvalue weighted by atomic mass is 15.2. The van der Waals surface area contributed by atoms with Gasteiger partial charge in [0.25, 0.3) is 0 Å². The number of hydrogen-bond acceptors (Lipinski definition) is 2. The van der Waals surface area contributed by atoms with E-state index in [0.717, 1.165) is 19.0 Å². The Morgan fingerprint density at radius 2 is 2.20 bits per heavy atom. The van der Waals surface area contributed by atoms with Gasteiger partial charge in [-0.05, 0) is 38.9 Å². The Bertz CT molecular complexity index is 89.3. The second-order valence-corrected chi connectivity index (χ2v) is 3.00. The van der Waals surface area contributed by atoms with Crippen molar-refractivity contribution in [1.29, 1.82) is 0 Å². The van der Waals surface area contributed by atoms with Gasteiger partial charge in [0.1, 0.15) is 0 Å². The summed E-state index contributed by atoms with van der Waals surface area (Å²) in [5, 5.41) is 0. The smallest absolute Gasteiger partial charge is 0.00963 e. The van der Waals surface area contributed by atoms with Crippen LogP contribution in [0.5, 0.6) is 0 Å². The van der Waals surface area contributed by atoms with E-state index in [0.29, 0.717) is 0 Å². The highest BCUT2D eigenvalue weighted by molar-refractivity contribution is 4.83. The lowest BCUT2D eigenvalue weighted by Gasteiger charge is -2.18. The summed E-state index contributed by atoms with van der Waals surface area (Å²) >= 11 is 0. The number of rotatable bonds is 5. The Balaban J connectivity index is 2.07. The maximum atomic E-state index is 5.43. The number of nitrogens with two attached hydrogens (primary N) is 1. The Labute approximate surface area is 63.4 Å². The summed E-state index contributed by atoms with van der Waals surface area (Å²) in [7, 11) is 0. The summed E-state index contributed by atoms with van der Waals surface area (Å²) in [4.78, 5) is 2.53. The minimum atomic E-state index is 0.837. The molecule has 0 amide bonds. The van der Waals surface area contributed by atoms with Gasteiger partial charge >= 0.3 is 0 Å². The third-order valence-electron chi connectivity index (χ3n) is 2.12. The standard InChI is InChI=1S/C8H18N2/c1-2-10(7-3-6-9)8-4-5-8/h8H,2-7,9H2,1H3. The van der Waals surface area contributed by atoms with Crippen molar-refractivity contribution >= 4 is 0 Å². The van der Waals surface area contributed by atoms with Crippen LogP contribution < -0.4 is 5.73 Å². The molecule has 2 heteroatoms. The molecule has 10 heavy (non-hydrogen) atoms. The molecule has 0 radical (unpaired) electrons. The van der Waals surface area contributed by atoms with Crippen LogP contribution in [0.3, 0.4) is 0 Å². The van der Waals surface area contributed by atoms with Gasteiger partial charge in [0.15, 0.2) is 0 Å². The van der Waals surface area contributed by atoms with Crippen molar-refractivity contribution in [2.24, 2.45) is 5.73 Å². The maximum absolute atomic E-state index is 5.43. The second kappa shape index (κ2) is 3.94. The fourth-order valence-electron chi connectivity index (χ4n) is 1.33. The van der Waals surface area contributed by atoms with Gasteiger partial charge < -0.3 is 10.6 Å². The first kappa shape index (κ1) is 8.02. The molecular formula is C8H18N2. The largest absolute Gasteiger partial charge is 0.330 e. The Hall–Kier alpha value is -0.0800. The molecule has 1 aliphatic rings. The highest BCUT2D eigenvalue weighted by Crippen LogP contribution is 2.26. The van der Waals surface area contributed by atoms with Gasteiger partial charge in [-0.15, -0.1) is 0 Å². The molecule has 0 heterocycles. The van der Waals surface area contributed by atoms with Crippen molar-refractivity contribution in [3.63, 3.8) is 0 Å². The zero-order valence-electron chi connectivity index (χ0n) is 6.84. The molecule has 0 aliphatic heterocycles. The predicted octanol–water partition coefficient (Wildman–Crippen LogP) is 0.819. The topological polar surface area (TPSA) is 29.3 Å². The van der Waals surface area contributed by atoms with E-state index in [2.05, 4.69) is 11.8 Å². The van der Waals surface area contributed by atoms with Crippen molar-refractivity contribution < 1.29 is 0 Å². The Morgan fingerprint density at radius 3 is 2.60 bits per heavy atom. The Morgan fingerprint density at radius 1 is 1.50 bits per heavy atom. The molecule has 1 fully saturated rings. The minimum absolute atomic E-state index is 0.837. The summed E-state index contributed by atoms with van der Waals surface area (Å²) in [5.74, 6) is 0. The monoisotopic (exact) mass is 142 g/mol. The van der Waals surface area contributed by atoms with Crippen molar-refractivity contribution in [3.05, 3.63) is 0 Å². The fraction of sp³-hybridized carbons (Fsp3) is 1.00. The van der Waals surface area contributed by atoms with Crippen LogP contribution in [0, 0.1) is 0 Å². The average molecular weight is 142 g/mol.